The summed E-state index contributed by atoms with van der Waals surface area (Å²) in [5.74, 6) is 1.12. The van der Waals surface area contributed by atoms with Crippen LogP contribution < -0.4 is 0 Å². The van der Waals surface area contributed by atoms with Gasteiger partial charge in [0.1, 0.15) is 5.78 Å². The van der Waals surface area contributed by atoms with E-state index in [4.69, 9.17) is 0 Å². The van der Waals surface area contributed by atoms with E-state index in [9.17, 15) is 4.79 Å². The number of carbonyl (C=O) groups excluding carboxylic acids is 1. The fraction of sp³-hybridized carbons (Fsp3) is 0.261. The maximum atomic E-state index is 12.4. The van der Waals surface area contributed by atoms with Gasteiger partial charge >= 0.3 is 0 Å². The Hall–Kier alpha value is -2.86. The lowest BCUT2D eigenvalue weighted by atomic mass is 9.99. The van der Waals surface area contributed by atoms with Crippen LogP contribution in [0.15, 0.2) is 59.9 Å². The Kier molecular flexibility index (Phi) is 4.72. The van der Waals surface area contributed by atoms with Crippen molar-refractivity contribution in [3.63, 3.8) is 0 Å². The number of nitrogens with zero attached hydrogens (tertiary/aromatic N) is 3. The van der Waals surface area contributed by atoms with Crippen molar-refractivity contribution in [1.29, 1.82) is 0 Å². The van der Waals surface area contributed by atoms with Gasteiger partial charge in [-0.2, -0.15) is 0 Å². The maximum absolute atomic E-state index is 12.4. The third-order valence-corrected chi connectivity index (χ3v) is 6.73. The van der Waals surface area contributed by atoms with Crippen molar-refractivity contribution < 1.29 is 4.79 Å². The van der Waals surface area contributed by atoms with Crippen LogP contribution in [-0.4, -0.2) is 30.8 Å². The highest BCUT2D eigenvalue weighted by Crippen LogP contribution is 2.36. The average Bonchev–Trinajstić information content (AvgIpc) is 3.33. The zero-order valence-corrected chi connectivity index (χ0v) is 17.1. The normalized spacial score (nSPS) is 17.1. The molecule has 146 valence electrons. The lowest BCUT2D eigenvalue weighted by molar-refractivity contribution is -0.119. The van der Waals surface area contributed by atoms with Gasteiger partial charge in [-0.15, -0.1) is 10.2 Å². The maximum Gasteiger partial charge on any atom is 0.196 e. The van der Waals surface area contributed by atoms with Crippen molar-refractivity contribution in [2.24, 2.45) is 0 Å². The SMILES string of the molecule is Cc1cccc(-n2c(SC3CCCCC3=O)nnc2-c2c[nH]c3ccccc23)c1. The molecule has 2 heterocycles. The highest BCUT2D eigenvalue weighted by atomic mass is 32.2. The zero-order valence-electron chi connectivity index (χ0n) is 16.3. The number of ketones is 1. The minimum absolute atomic E-state index is 0.0349. The minimum Gasteiger partial charge on any atom is -0.360 e. The molecule has 5 nitrogen and oxygen atoms in total. The molecule has 2 aromatic heterocycles. The number of aromatic amines is 1. The number of benzene rings is 2. The number of hydrogen-bond acceptors (Lipinski definition) is 4. The summed E-state index contributed by atoms with van der Waals surface area (Å²) in [4.78, 5) is 15.8. The smallest absolute Gasteiger partial charge is 0.196 e. The van der Waals surface area contributed by atoms with E-state index in [0.717, 1.165) is 52.4 Å². The molecule has 1 unspecified atom stereocenters. The number of fused-ring (bicyclic) bond motifs is 1. The average molecular weight is 403 g/mol. The van der Waals surface area contributed by atoms with Crippen LogP contribution in [0, 0.1) is 6.92 Å². The van der Waals surface area contributed by atoms with Crippen LogP contribution in [0.4, 0.5) is 0 Å². The molecule has 5 rings (SSSR count). The van der Waals surface area contributed by atoms with Crippen molar-refractivity contribution in [2.45, 2.75) is 43.0 Å². The Morgan fingerprint density at radius 3 is 2.86 bits per heavy atom. The van der Waals surface area contributed by atoms with Crippen LogP contribution >= 0.6 is 11.8 Å². The topological polar surface area (TPSA) is 63.6 Å². The van der Waals surface area contributed by atoms with Crippen molar-refractivity contribution in [3.8, 4) is 17.1 Å². The first-order valence-electron chi connectivity index (χ1n) is 9.99. The van der Waals surface area contributed by atoms with Crippen LogP contribution in [0.5, 0.6) is 0 Å². The fourth-order valence-electron chi connectivity index (χ4n) is 3.98. The van der Waals surface area contributed by atoms with Gasteiger partial charge in [0.05, 0.1) is 5.25 Å². The summed E-state index contributed by atoms with van der Waals surface area (Å²) >= 11 is 1.55. The highest BCUT2D eigenvalue weighted by molar-refractivity contribution is 8.00. The van der Waals surface area contributed by atoms with Crippen LogP contribution in [0.25, 0.3) is 28.0 Å². The van der Waals surface area contributed by atoms with Gasteiger partial charge < -0.3 is 4.98 Å². The molecular formula is C23H22N4OS. The van der Waals surface area contributed by atoms with Crippen molar-refractivity contribution in [2.75, 3.05) is 0 Å². The van der Waals surface area contributed by atoms with E-state index in [1.807, 2.05) is 24.4 Å². The standard InChI is InChI=1S/C23H22N4OS/c1-15-7-6-8-16(13-15)27-22(18-14-24-19-10-3-2-9-17(18)19)25-26-23(27)29-21-12-5-4-11-20(21)28/h2-3,6-10,13-14,21,24H,4-5,11-12H2,1H3. The number of thioether (sulfide) groups is 1. The number of nitrogens with one attached hydrogen (secondary N) is 1. The number of carbonyl (C=O) groups is 1. The van der Waals surface area contributed by atoms with Gasteiger partial charge in [0.25, 0.3) is 0 Å². The first-order chi connectivity index (χ1) is 14.2. The molecule has 2 aromatic carbocycles. The Labute approximate surface area is 173 Å². The van der Waals surface area contributed by atoms with Gasteiger partial charge in [0.15, 0.2) is 11.0 Å². The number of H-pyrrole nitrogens is 1. The number of Topliss-reactive ketones (excluding diaryl/α,β-unsaturated/α-hetero) is 1. The molecule has 1 aliphatic carbocycles. The molecule has 0 saturated heterocycles. The van der Waals surface area contributed by atoms with Crippen molar-refractivity contribution in [3.05, 3.63) is 60.3 Å². The molecule has 0 aliphatic heterocycles. The molecular weight excluding hydrogens is 380 g/mol. The molecule has 1 N–H and O–H groups in total. The summed E-state index contributed by atoms with van der Waals surface area (Å²) in [7, 11) is 0. The van der Waals surface area contributed by atoms with E-state index in [2.05, 4.69) is 57.0 Å². The van der Waals surface area contributed by atoms with E-state index in [1.54, 1.807) is 11.8 Å². The predicted molar refractivity (Wildman–Crippen MR) is 117 cm³/mol. The largest absolute Gasteiger partial charge is 0.360 e. The van der Waals surface area contributed by atoms with Gasteiger partial charge in [-0.25, -0.2) is 0 Å². The number of hydrogen-bond donors (Lipinski definition) is 1. The number of aryl methyl sites for hydroxylation is 1. The quantitative estimate of drug-likeness (QED) is 0.501. The Balaban J connectivity index is 1.65. The van der Waals surface area contributed by atoms with Gasteiger partial charge in [0, 0.05) is 34.8 Å². The van der Waals surface area contributed by atoms with E-state index < -0.39 is 0 Å². The molecule has 0 amide bonds. The zero-order chi connectivity index (χ0) is 19.8. The molecule has 0 bridgehead atoms. The number of para-hydroxylation sites is 1. The molecule has 1 aliphatic rings. The van der Waals surface area contributed by atoms with E-state index in [1.165, 1.54) is 5.56 Å². The molecule has 6 heteroatoms. The van der Waals surface area contributed by atoms with Gasteiger partial charge in [-0.3, -0.25) is 9.36 Å². The second-order valence-electron chi connectivity index (χ2n) is 7.55. The first kappa shape index (κ1) is 18.2. The van der Waals surface area contributed by atoms with Gasteiger partial charge in [-0.1, -0.05) is 48.5 Å². The molecule has 4 aromatic rings. The number of rotatable bonds is 4. The van der Waals surface area contributed by atoms with Crippen LogP contribution in [0.3, 0.4) is 0 Å². The summed E-state index contributed by atoms with van der Waals surface area (Å²) in [5, 5.41) is 10.9. The van der Waals surface area contributed by atoms with Crippen molar-refractivity contribution >= 4 is 28.4 Å². The fourth-order valence-corrected chi connectivity index (χ4v) is 5.15. The molecule has 1 saturated carbocycles. The van der Waals surface area contributed by atoms with Gasteiger partial charge in [-0.05, 0) is 43.5 Å². The third kappa shape index (κ3) is 3.38. The monoisotopic (exact) mass is 402 g/mol. The number of aromatic nitrogens is 4. The second kappa shape index (κ2) is 7.52. The lowest BCUT2D eigenvalue weighted by Gasteiger charge is -2.20. The second-order valence-corrected chi connectivity index (χ2v) is 8.72. The first-order valence-corrected chi connectivity index (χ1v) is 10.9. The van der Waals surface area contributed by atoms with E-state index >= 15 is 0 Å². The Bertz CT molecular complexity index is 1190. The van der Waals surface area contributed by atoms with E-state index in [-0.39, 0.29) is 5.25 Å². The minimum atomic E-state index is -0.0349. The molecule has 0 radical (unpaired) electrons. The van der Waals surface area contributed by atoms with Crippen molar-refractivity contribution in [1.82, 2.24) is 19.7 Å². The summed E-state index contributed by atoms with van der Waals surface area (Å²) < 4.78 is 2.09. The summed E-state index contributed by atoms with van der Waals surface area (Å²) in [6, 6.07) is 16.5. The van der Waals surface area contributed by atoms with Crippen LogP contribution in [-0.2, 0) is 4.79 Å². The predicted octanol–water partition coefficient (Wildman–Crippen LogP) is 5.33. The molecule has 29 heavy (non-hydrogen) atoms. The van der Waals surface area contributed by atoms with Gasteiger partial charge in [0.2, 0.25) is 0 Å². The lowest BCUT2D eigenvalue weighted by Crippen LogP contribution is -2.21. The van der Waals surface area contributed by atoms with Crippen LogP contribution in [0.2, 0.25) is 0 Å². The Morgan fingerprint density at radius 1 is 1.10 bits per heavy atom. The van der Waals surface area contributed by atoms with Crippen LogP contribution in [0.1, 0.15) is 31.2 Å². The highest BCUT2D eigenvalue weighted by Gasteiger charge is 2.27. The Morgan fingerprint density at radius 2 is 2.00 bits per heavy atom. The summed E-state index contributed by atoms with van der Waals surface area (Å²) in [5.41, 5.74) is 4.26. The molecule has 1 fully saturated rings. The molecule has 0 spiro atoms. The summed E-state index contributed by atoms with van der Waals surface area (Å²) in [6.07, 6.45) is 5.66. The summed E-state index contributed by atoms with van der Waals surface area (Å²) in [6.45, 7) is 2.08. The third-order valence-electron chi connectivity index (χ3n) is 5.47. The van der Waals surface area contributed by atoms with E-state index in [0.29, 0.717) is 12.2 Å². The molecule has 1 atom stereocenters.